The lowest BCUT2D eigenvalue weighted by Crippen LogP contribution is -2.48. The van der Waals surface area contributed by atoms with Gasteiger partial charge in [0.1, 0.15) is 5.75 Å². The highest BCUT2D eigenvalue weighted by Gasteiger charge is 2.20. The lowest BCUT2D eigenvalue weighted by atomic mass is 10.2. The fourth-order valence-corrected chi connectivity index (χ4v) is 5.76. The molecule has 7 nitrogen and oxygen atoms in total. The maximum Gasteiger partial charge on any atom is 0.166 e. The van der Waals surface area contributed by atoms with Gasteiger partial charge in [0.2, 0.25) is 0 Å². The number of ether oxygens (including phenoxy) is 1. The van der Waals surface area contributed by atoms with Crippen LogP contribution < -0.4 is 14.5 Å². The molecule has 1 fully saturated rings. The summed E-state index contributed by atoms with van der Waals surface area (Å²) in [6, 6.07) is 18.3. The molecule has 1 aliphatic heterocycles. The number of hydrogen-bond acceptors (Lipinski definition) is 7. The standard InChI is InChI=1S/C27H31ClN6OS/c1-32(13-14-33-15-17-34(18-16-33)23-9-5-6-10-25(23)35-2)24-11-12-29-22(26(24)28)19-36-27-30-20-7-3-4-8-21(20)31-27/h3-12H,13-19H2,1-2H3,(H,30,31). The molecule has 0 spiro atoms. The monoisotopic (exact) mass is 522 g/mol. The summed E-state index contributed by atoms with van der Waals surface area (Å²) in [6.45, 7) is 5.91. The number of piperazine rings is 1. The SMILES string of the molecule is COc1ccccc1N1CCN(CCN(C)c2ccnc(CSc3nc4ccccc4[nH]3)c2Cl)CC1. The number of para-hydroxylation sites is 4. The second-order valence-electron chi connectivity index (χ2n) is 8.86. The number of H-pyrrole nitrogens is 1. The van der Waals surface area contributed by atoms with E-state index in [4.69, 9.17) is 16.3 Å². The van der Waals surface area contributed by atoms with Gasteiger partial charge in [-0.3, -0.25) is 9.88 Å². The number of imidazole rings is 1. The van der Waals surface area contributed by atoms with Crippen LogP contribution in [0.3, 0.4) is 0 Å². The molecule has 1 aliphatic rings. The van der Waals surface area contributed by atoms with Gasteiger partial charge in [0.05, 0.1) is 40.2 Å². The van der Waals surface area contributed by atoms with Crippen molar-refractivity contribution in [1.29, 1.82) is 0 Å². The molecule has 1 N–H and O–H groups in total. The van der Waals surface area contributed by atoms with Crippen molar-refractivity contribution in [2.24, 2.45) is 0 Å². The molecule has 2 aromatic carbocycles. The molecule has 9 heteroatoms. The molecule has 36 heavy (non-hydrogen) atoms. The molecule has 3 heterocycles. The number of aromatic amines is 1. The highest BCUT2D eigenvalue weighted by molar-refractivity contribution is 7.98. The van der Waals surface area contributed by atoms with Crippen molar-refractivity contribution >= 4 is 45.8 Å². The molecule has 0 saturated carbocycles. The van der Waals surface area contributed by atoms with Crippen LogP contribution in [-0.2, 0) is 5.75 Å². The highest BCUT2D eigenvalue weighted by atomic mass is 35.5. The van der Waals surface area contributed by atoms with Crippen LogP contribution in [0.4, 0.5) is 11.4 Å². The van der Waals surface area contributed by atoms with E-state index in [0.717, 1.165) is 72.6 Å². The second-order valence-corrected chi connectivity index (χ2v) is 10.2. The first kappa shape index (κ1) is 24.7. The number of thioether (sulfide) groups is 1. The number of rotatable bonds is 9. The van der Waals surface area contributed by atoms with Crippen molar-refractivity contribution in [3.05, 3.63) is 71.5 Å². The van der Waals surface area contributed by atoms with E-state index in [1.807, 2.05) is 48.7 Å². The number of methoxy groups -OCH3 is 1. The summed E-state index contributed by atoms with van der Waals surface area (Å²) in [6.07, 6.45) is 1.85. The van der Waals surface area contributed by atoms with Crippen molar-refractivity contribution in [2.75, 3.05) is 63.2 Å². The molecule has 0 amide bonds. The number of nitrogens with zero attached hydrogens (tertiary/aromatic N) is 5. The van der Waals surface area contributed by atoms with Gasteiger partial charge >= 0.3 is 0 Å². The molecule has 4 aromatic rings. The van der Waals surface area contributed by atoms with Crippen LogP contribution in [0.25, 0.3) is 11.0 Å². The fraction of sp³-hybridized carbons (Fsp3) is 0.333. The topological polar surface area (TPSA) is 60.5 Å². The van der Waals surface area contributed by atoms with Crippen LogP contribution in [0.2, 0.25) is 5.02 Å². The summed E-state index contributed by atoms with van der Waals surface area (Å²) < 4.78 is 5.54. The third-order valence-corrected chi connectivity index (χ3v) is 7.91. The van der Waals surface area contributed by atoms with E-state index in [-0.39, 0.29) is 0 Å². The fourth-order valence-electron chi connectivity index (χ4n) is 4.52. The molecule has 0 bridgehead atoms. The molecule has 0 unspecified atom stereocenters. The zero-order valence-electron chi connectivity index (χ0n) is 20.7. The minimum atomic E-state index is 0.658. The van der Waals surface area contributed by atoms with Crippen molar-refractivity contribution in [1.82, 2.24) is 19.9 Å². The van der Waals surface area contributed by atoms with Gasteiger partial charge in [-0.25, -0.2) is 4.98 Å². The summed E-state index contributed by atoms with van der Waals surface area (Å²) in [7, 11) is 3.83. The minimum absolute atomic E-state index is 0.658. The van der Waals surface area contributed by atoms with E-state index < -0.39 is 0 Å². The molecule has 0 radical (unpaired) electrons. The number of hydrogen-bond donors (Lipinski definition) is 1. The summed E-state index contributed by atoms with van der Waals surface area (Å²) >= 11 is 8.42. The van der Waals surface area contributed by atoms with Gasteiger partial charge in [-0.05, 0) is 30.3 Å². The number of halogens is 1. The first-order valence-electron chi connectivity index (χ1n) is 12.1. The Hall–Kier alpha value is -2.94. The van der Waals surface area contributed by atoms with E-state index in [2.05, 4.69) is 48.8 Å². The first-order valence-corrected chi connectivity index (χ1v) is 13.5. The van der Waals surface area contributed by atoms with Crippen LogP contribution >= 0.6 is 23.4 Å². The lowest BCUT2D eigenvalue weighted by molar-refractivity contribution is 0.263. The van der Waals surface area contributed by atoms with E-state index in [9.17, 15) is 0 Å². The third-order valence-electron chi connectivity index (χ3n) is 6.62. The third kappa shape index (κ3) is 5.56. The Morgan fingerprint density at radius 2 is 1.83 bits per heavy atom. The zero-order chi connectivity index (χ0) is 24.9. The van der Waals surface area contributed by atoms with Gasteiger partial charge in [-0.15, -0.1) is 0 Å². The van der Waals surface area contributed by atoms with E-state index >= 15 is 0 Å². The Morgan fingerprint density at radius 3 is 2.64 bits per heavy atom. The van der Waals surface area contributed by atoms with Gasteiger partial charge < -0.3 is 19.5 Å². The molecular formula is C27H31ClN6OS. The highest BCUT2D eigenvalue weighted by Crippen LogP contribution is 2.32. The van der Waals surface area contributed by atoms with E-state index in [1.165, 1.54) is 5.69 Å². The molecule has 0 atom stereocenters. The average molecular weight is 523 g/mol. The van der Waals surface area contributed by atoms with Gasteiger partial charge in [0, 0.05) is 58.3 Å². The number of likely N-dealkylation sites (N-methyl/N-ethyl adjacent to an activating group) is 1. The lowest BCUT2D eigenvalue weighted by Gasteiger charge is -2.37. The van der Waals surface area contributed by atoms with Crippen LogP contribution in [0.15, 0.2) is 66.0 Å². The molecule has 188 valence electrons. The van der Waals surface area contributed by atoms with Crippen molar-refractivity contribution in [3.63, 3.8) is 0 Å². The van der Waals surface area contributed by atoms with Crippen LogP contribution in [0.5, 0.6) is 5.75 Å². The van der Waals surface area contributed by atoms with E-state index in [0.29, 0.717) is 10.8 Å². The number of anilines is 2. The number of pyridine rings is 1. The molecule has 1 saturated heterocycles. The van der Waals surface area contributed by atoms with Crippen LogP contribution in [0, 0.1) is 0 Å². The van der Waals surface area contributed by atoms with Crippen molar-refractivity contribution in [2.45, 2.75) is 10.9 Å². The smallest absolute Gasteiger partial charge is 0.166 e. The van der Waals surface area contributed by atoms with Crippen molar-refractivity contribution in [3.8, 4) is 5.75 Å². The number of aromatic nitrogens is 3. The van der Waals surface area contributed by atoms with Crippen LogP contribution in [-0.4, -0.2) is 73.3 Å². The zero-order valence-corrected chi connectivity index (χ0v) is 22.2. The maximum atomic E-state index is 6.81. The summed E-state index contributed by atoms with van der Waals surface area (Å²) in [5.41, 5.74) is 5.07. The molecular weight excluding hydrogens is 492 g/mol. The van der Waals surface area contributed by atoms with Gasteiger partial charge in [-0.2, -0.15) is 0 Å². The van der Waals surface area contributed by atoms with Gasteiger partial charge in [-0.1, -0.05) is 47.6 Å². The Labute approximate surface area is 221 Å². The number of fused-ring (bicyclic) bond motifs is 1. The second kappa shape index (κ2) is 11.4. The summed E-state index contributed by atoms with van der Waals surface area (Å²) in [4.78, 5) is 19.7. The van der Waals surface area contributed by atoms with Crippen molar-refractivity contribution < 1.29 is 4.74 Å². The Kier molecular flexibility index (Phi) is 7.84. The Balaban J connectivity index is 1.14. The number of nitrogens with one attached hydrogen (secondary N) is 1. The maximum absolute atomic E-state index is 6.81. The number of benzene rings is 2. The van der Waals surface area contributed by atoms with E-state index in [1.54, 1.807) is 18.9 Å². The normalized spacial score (nSPS) is 14.4. The predicted molar refractivity (Wildman–Crippen MR) is 150 cm³/mol. The largest absolute Gasteiger partial charge is 0.495 e. The summed E-state index contributed by atoms with van der Waals surface area (Å²) in [5, 5.41) is 1.59. The Bertz CT molecular complexity index is 1270. The predicted octanol–water partition coefficient (Wildman–Crippen LogP) is 5.17. The molecule has 2 aromatic heterocycles. The minimum Gasteiger partial charge on any atom is -0.495 e. The van der Waals surface area contributed by atoms with Crippen LogP contribution in [0.1, 0.15) is 5.69 Å². The average Bonchev–Trinajstić information content (AvgIpc) is 3.34. The Morgan fingerprint density at radius 1 is 1.06 bits per heavy atom. The first-order chi connectivity index (χ1) is 17.6. The van der Waals surface area contributed by atoms with Gasteiger partial charge in [0.15, 0.2) is 5.16 Å². The molecule has 0 aliphatic carbocycles. The molecule has 5 rings (SSSR count). The summed E-state index contributed by atoms with van der Waals surface area (Å²) in [5.74, 6) is 1.60. The van der Waals surface area contributed by atoms with Gasteiger partial charge in [0.25, 0.3) is 0 Å². The quantitative estimate of drug-likeness (QED) is 0.304.